The van der Waals surface area contributed by atoms with E-state index < -0.39 is 17.4 Å². The Morgan fingerprint density at radius 2 is 2.00 bits per heavy atom. The highest BCUT2D eigenvalue weighted by Crippen LogP contribution is 2.33. The minimum Gasteiger partial charge on any atom is -0.473 e. The first-order valence-electron chi connectivity index (χ1n) is 10.5. The lowest BCUT2D eigenvalue weighted by Gasteiger charge is -2.34. The second-order valence-electron chi connectivity index (χ2n) is 7.99. The maximum atomic E-state index is 12.9. The quantitative estimate of drug-likeness (QED) is 0.536. The third kappa shape index (κ3) is 4.83. The summed E-state index contributed by atoms with van der Waals surface area (Å²) in [5.41, 5.74) is -0.504. The van der Waals surface area contributed by atoms with Gasteiger partial charge in [0.1, 0.15) is 30.0 Å². The standard InChI is InChI=1S/C24H21F3N4O3/c1-15-8-9-31-22(30(15)2)12-21(29-23(31)32)33-14-16-6-7-20(17(10-16)13-28)34-19-5-3-4-18(11-19)24(25,26)27/h3-7,10-12,15H,8-9,14H2,1-2H3. The molecule has 7 nitrogen and oxygen atoms in total. The predicted molar refractivity (Wildman–Crippen MR) is 118 cm³/mol. The second-order valence-corrected chi connectivity index (χ2v) is 7.99. The van der Waals surface area contributed by atoms with E-state index in [4.69, 9.17) is 9.47 Å². The van der Waals surface area contributed by atoms with Crippen molar-refractivity contribution in [3.63, 3.8) is 0 Å². The SMILES string of the molecule is CC1CCn2c(cc(OCc3ccc(Oc4cccc(C(F)(F)F)c4)c(C#N)c3)nc2=O)N1C. The molecular formula is C24H21F3N4O3. The highest BCUT2D eigenvalue weighted by molar-refractivity contribution is 5.48. The summed E-state index contributed by atoms with van der Waals surface area (Å²) in [7, 11) is 1.90. The van der Waals surface area contributed by atoms with Crippen molar-refractivity contribution in [2.24, 2.45) is 0 Å². The summed E-state index contributed by atoms with van der Waals surface area (Å²) in [6.45, 7) is 2.70. The van der Waals surface area contributed by atoms with E-state index >= 15 is 0 Å². The number of nitrogens with zero attached hydrogens (tertiary/aromatic N) is 4. The highest BCUT2D eigenvalue weighted by atomic mass is 19.4. The third-order valence-electron chi connectivity index (χ3n) is 5.70. The number of nitriles is 1. The molecule has 34 heavy (non-hydrogen) atoms. The van der Waals surface area contributed by atoms with Gasteiger partial charge in [-0.15, -0.1) is 0 Å². The van der Waals surface area contributed by atoms with Gasteiger partial charge in [-0.25, -0.2) is 4.79 Å². The zero-order chi connectivity index (χ0) is 24.5. The molecule has 1 aromatic heterocycles. The largest absolute Gasteiger partial charge is 0.473 e. The van der Waals surface area contributed by atoms with Crippen LogP contribution in [0.4, 0.5) is 19.0 Å². The van der Waals surface area contributed by atoms with Crippen LogP contribution in [0.5, 0.6) is 17.4 Å². The number of aromatic nitrogens is 2. The van der Waals surface area contributed by atoms with E-state index in [0.29, 0.717) is 12.1 Å². The van der Waals surface area contributed by atoms with Crippen LogP contribution >= 0.6 is 0 Å². The summed E-state index contributed by atoms with van der Waals surface area (Å²) in [5.74, 6) is 0.968. The summed E-state index contributed by atoms with van der Waals surface area (Å²) < 4.78 is 51.6. The van der Waals surface area contributed by atoms with Gasteiger partial charge in [0.05, 0.1) is 11.1 Å². The minimum absolute atomic E-state index is 0.0348. The van der Waals surface area contributed by atoms with Gasteiger partial charge >= 0.3 is 11.9 Å². The Bertz CT molecular complexity index is 1310. The van der Waals surface area contributed by atoms with Crippen LogP contribution in [-0.4, -0.2) is 22.6 Å². The third-order valence-corrected chi connectivity index (χ3v) is 5.70. The molecule has 0 amide bonds. The molecule has 0 bridgehead atoms. The van der Waals surface area contributed by atoms with Crippen molar-refractivity contribution in [2.45, 2.75) is 38.7 Å². The maximum absolute atomic E-state index is 12.9. The van der Waals surface area contributed by atoms with E-state index in [9.17, 15) is 23.2 Å². The fraction of sp³-hybridized carbons (Fsp3) is 0.292. The predicted octanol–water partition coefficient (Wildman–Crippen LogP) is 4.73. The molecule has 1 aliphatic rings. The highest BCUT2D eigenvalue weighted by Gasteiger charge is 2.30. The number of alkyl halides is 3. The van der Waals surface area contributed by atoms with Gasteiger partial charge in [0, 0.05) is 25.7 Å². The van der Waals surface area contributed by atoms with E-state index in [2.05, 4.69) is 11.9 Å². The lowest BCUT2D eigenvalue weighted by atomic mass is 10.1. The smallest absolute Gasteiger partial charge is 0.416 e. The van der Waals surface area contributed by atoms with Crippen molar-refractivity contribution in [3.05, 3.63) is 75.7 Å². The zero-order valence-electron chi connectivity index (χ0n) is 18.5. The monoisotopic (exact) mass is 470 g/mol. The summed E-state index contributed by atoms with van der Waals surface area (Å²) in [6, 6.07) is 13.0. The number of benzene rings is 2. The molecule has 0 radical (unpaired) electrons. The summed E-state index contributed by atoms with van der Waals surface area (Å²) >= 11 is 0. The van der Waals surface area contributed by atoms with Gasteiger partial charge in [0.15, 0.2) is 0 Å². The minimum atomic E-state index is -4.50. The molecule has 1 aliphatic heterocycles. The Morgan fingerprint density at radius 1 is 1.21 bits per heavy atom. The van der Waals surface area contributed by atoms with Crippen molar-refractivity contribution in [3.8, 4) is 23.4 Å². The van der Waals surface area contributed by atoms with Crippen molar-refractivity contribution in [1.82, 2.24) is 9.55 Å². The van der Waals surface area contributed by atoms with E-state index in [1.807, 2.05) is 18.0 Å². The van der Waals surface area contributed by atoms with Gasteiger partial charge in [-0.2, -0.15) is 23.4 Å². The van der Waals surface area contributed by atoms with Crippen LogP contribution in [0.1, 0.15) is 30.0 Å². The van der Waals surface area contributed by atoms with Gasteiger partial charge in [-0.05, 0) is 49.2 Å². The van der Waals surface area contributed by atoms with E-state index in [1.54, 1.807) is 16.7 Å². The summed E-state index contributed by atoms with van der Waals surface area (Å²) in [6.07, 6.45) is -3.66. The van der Waals surface area contributed by atoms with Crippen LogP contribution in [0.25, 0.3) is 0 Å². The molecule has 0 N–H and O–H groups in total. The molecule has 1 atom stereocenters. The van der Waals surface area contributed by atoms with Crippen LogP contribution < -0.4 is 20.1 Å². The van der Waals surface area contributed by atoms with Gasteiger partial charge in [-0.3, -0.25) is 4.57 Å². The van der Waals surface area contributed by atoms with Gasteiger partial charge < -0.3 is 14.4 Å². The van der Waals surface area contributed by atoms with Crippen LogP contribution in [0.15, 0.2) is 53.3 Å². The average Bonchev–Trinajstić information content (AvgIpc) is 2.80. The molecule has 176 valence electrons. The van der Waals surface area contributed by atoms with E-state index in [1.165, 1.54) is 24.3 Å². The topological polar surface area (TPSA) is 80.4 Å². The first-order valence-corrected chi connectivity index (χ1v) is 10.5. The molecule has 1 unspecified atom stereocenters. The number of hydrogen-bond donors (Lipinski definition) is 0. The van der Waals surface area contributed by atoms with Crippen molar-refractivity contribution >= 4 is 5.82 Å². The lowest BCUT2D eigenvalue weighted by Crippen LogP contribution is -2.41. The Balaban J connectivity index is 1.51. The molecule has 0 saturated carbocycles. The Labute approximate surface area is 193 Å². The fourth-order valence-electron chi connectivity index (χ4n) is 3.65. The first kappa shape index (κ1) is 23.2. The molecular weight excluding hydrogens is 449 g/mol. The van der Waals surface area contributed by atoms with E-state index in [-0.39, 0.29) is 35.6 Å². The number of anilines is 1. The summed E-state index contributed by atoms with van der Waals surface area (Å²) in [4.78, 5) is 18.3. The molecule has 2 heterocycles. The fourth-order valence-corrected chi connectivity index (χ4v) is 3.65. The van der Waals surface area contributed by atoms with Gasteiger partial charge in [0.25, 0.3) is 0 Å². The molecule has 0 saturated heterocycles. The Kier molecular flexibility index (Phi) is 6.20. The molecule has 2 aromatic carbocycles. The maximum Gasteiger partial charge on any atom is 0.416 e. The van der Waals surface area contributed by atoms with Crippen molar-refractivity contribution in [1.29, 1.82) is 5.26 Å². The number of rotatable bonds is 5. The van der Waals surface area contributed by atoms with E-state index in [0.717, 1.165) is 24.4 Å². The number of ether oxygens (including phenoxy) is 2. The number of halogens is 3. The number of hydrogen-bond acceptors (Lipinski definition) is 6. The van der Waals surface area contributed by atoms with Gasteiger partial charge in [0.2, 0.25) is 5.88 Å². The van der Waals surface area contributed by atoms with Crippen LogP contribution in [0.3, 0.4) is 0 Å². The number of fused-ring (bicyclic) bond motifs is 1. The lowest BCUT2D eigenvalue weighted by molar-refractivity contribution is -0.137. The average molecular weight is 470 g/mol. The van der Waals surface area contributed by atoms with Gasteiger partial charge in [-0.1, -0.05) is 12.1 Å². The first-order chi connectivity index (χ1) is 16.2. The Morgan fingerprint density at radius 3 is 2.74 bits per heavy atom. The normalized spacial score (nSPS) is 15.4. The molecule has 4 rings (SSSR count). The van der Waals surface area contributed by atoms with Crippen molar-refractivity contribution < 1.29 is 22.6 Å². The van der Waals surface area contributed by atoms with Crippen LogP contribution in [0.2, 0.25) is 0 Å². The molecule has 3 aromatic rings. The zero-order valence-corrected chi connectivity index (χ0v) is 18.5. The molecule has 0 fully saturated rings. The summed E-state index contributed by atoms with van der Waals surface area (Å²) in [5, 5.41) is 9.50. The van der Waals surface area contributed by atoms with Crippen molar-refractivity contribution in [2.75, 3.05) is 11.9 Å². The molecule has 0 spiro atoms. The second kappa shape index (κ2) is 9.09. The molecule has 10 heteroatoms. The Hall–Kier alpha value is -4.00. The van der Waals surface area contributed by atoms with Crippen LogP contribution in [-0.2, 0) is 19.3 Å². The molecule has 0 aliphatic carbocycles. The van der Waals surface area contributed by atoms with Crippen LogP contribution in [0, 0.1) is 11.3 Å².